The first-order valence-electron chi connectivity index (χ1n) is 6.07. The Hall–Kier alpha value is -1.38. The van der Waals surface area contributed by atoms with Gasteiger partial charge < -0.3 is 15.2 Å². The zero-order valence-corrected chi connectivity index (χ0v) is 12.3. The van der Waals surface area contributed by atoms with Crippen LogP contribution >= 0.6 is 0 Å². The Morgan fingerprint density at radius 2 is 1.80 bits per heavy atom. The lowest BCUT2D eigenvalue weighted by Gasteiger charge is -2.12. The molecule has 0 spiro atoms. The first kappa shape index (κ1) is 16.7. The molecule has 0 fully saturated rings. The van der Waals surface area contributed by atoms with Crippen LogP contribution < -0.4 is 19.9 Å². The van der Waals surface area contributed by atoms with Crippen LogP contribution in [0.15, 0.2) is 17.0 Å². The Kier molecular flexibility index (Phi) is 6.18. The van der Waals surface area contributed by atoms with Gasteiger partial charge in [0.25, 0.3) is 0 Å². The van der Waals surface area contributed by atoms with Crippen molar-refractivity contribution in [1.29, 1.82) is 0 Å². The molecule has 0 unspecified atom stereocenters. The number of methoxy groups -OCH3 is 2. The normalized spacial score (nSPS) is 11.4. The predicted octanol–water partition coefficient (Wildman–Crippen LogP) is 0.860. The van der Waals surface area contributed by atoms with Gasteiger partial charge in [-0.3, -0.25) is 0 Å². The lowest BCUT2D eigenvalue weighted by molar-refractivity contribution is 0.350. The van der Waals surface area contributed by atoms with Gasteiger partial charge >= 0.3 is 0 Å². The van der Waals surface area contributed by atoms with Gasteiger partial charge in [-0.15, -0.1) is 0 Å². The lowest BCUT2D eigenvalue weighted by atomic mass is 10.3. The summed E-state index contributed by atoms with van der Waals surface area (Å²) < 4.78 is 50.1. The number of sulfonamides is 1. The minimum atomic E-state index is -3.93. The van der Waals surface area contributed by atoms with Crippen molar-refractivity contribution in [3.8, 4) is 11.5 Å². The van der Waals surface area contributed by atoms with Gasteiger partial charge in [-0.2, -0.15) is 0 Å². The van der Waals surface area contributed by atoms with Crippen molar-refractivity contribution >= 4 is 10.0 Å². The Bertz CT molecular complexity index is 549. The highest BCUT2D eigenvalue weighted by atomic mass is 32.2. The first-order chi connectivity index (χ1) is 9.46. The van der Waals surface area contributed by atoms with Crippen molar-refractivity contribution < 1.29 is 22.3 Å². The Morgan fingerprint density at radius 1 is 1.20 bits per heavy atom. The summed E-state index contributed by atoms with van der Waals surface area (Å²) in [4.78, 5) is -0.470. The highest BCUT2D eigenvalue weighted by molar-refractivity contribution is 7.89. The average Bonchev–Trinajstić information content (AvgIpc) is 2.43. The fourth-order valence-corrected chi connectivity index (χ4v) is 2.74. The van der Waals surface area contributed by atoms with Gasteiger partial charge in [-0.25, -0.2) is 17.5 Å². The largest absolute Gasteiger partial charge is 0.493 e. The van der Waals surface area contributed by atoms with Crippen LogP contribution in [0.3, 0.4) is 0 Å². The van der Waals surface area contributed by atoms with Crippen molar-refractivity contribution in [1.82, 2.24) is 4.72 Å². The standard InChI is InChI=1S/C12H19FN2O4S/c1-18-10-7-9(13)12(8-11(10)19-2)20(16,17)15-6-4-3-5-14/h7-8,15H,3-6,14H2,1-2H3. The van der Waals surface area contributed by atoms with Crippen molar-refractivity contribution in [2.45, 2.75) is 17.7 Å². The number of unbranched alkanes of at least 4 members (excludes halogenated alkanes) is 1. The predicted molar refractivity (Wildman–Crippen MR) is 73.0 cm³/mol. The van der Waals surface area contributed by atoms with E-state index in [9.17, 15) is 12.8 Å². The monoisotopic (exact) mass is 306 g/mol. The maximum absolute atomic E-state index is 13.8. The summed E-state index contributed by atoms with van der Waals surface area (Å²) in [6, 6.07) is 2.08. The summed E-state index contributed by atoms with van der Waals surface area (Å²) in [5.41, 5.74) is 5.32. The smallest absolute Gasteiger partial charge is 0.243 e. The van der Waals surface area contributed by atoms with E-state index in [1.165, 1.54) is 14.2 Å². The summed E-state index contributed by atoms with van der Waals surface area (Å²) in [5.74, 6) is -0.614. The Labute approximate surface area is 118 Å². The Balaban J connectivity index is 2.99. The minimum Gasteiger partial charge on any atom is -0.493 e. The van der Waals surface area contributed by atoms with Crippen LogP contribution in [-0.2, 0) is 10.0 Å². The molecule has 6 nitrogen and oxygen atoms in total. The van der Waals surface area contributed by atoms with Gasteiger partial charge in [0.2, 0.25) is 10.0 Å². The van der Waals surface area contributed by atoms with Gasteiger partial charge in [0.15, 0.2) is 11.5 Å². The number of rotatable bonds is 8. The summed E-state index contributed by atoms with van der Waals surface area (Å²) in [6.07, 6.45) is 1.28. The average molecular weight is 306 g/mol. The molecule has 1 rings (SSSR count). The molecule has 1 aromatic carbocycles. The van der Waals surface area contributed by atoms with Gasteiger partial charge in [-0.05, 0) is 19.4 Å². The molecule has 0 bridgehead atoms. The van der Waals surface area contributed by atoms with E-state index in [1.54, 1.807) is 0 Å². The fraction of sp³-hybridized carbons (Fsp3) is 0.500. The molecule has 0 heterocycles. The van der Waals surface area contributed by atoms with E-state index >= 15 is 0 Å². The number of hydrogen-bond acceptors (Lipinski definition) is 5. The highest BCUT2D eigenvalue weighted by Crippen LogP contribution is 2.31. The van der Waals surface area contributed by atoms with E-state index in [-0.39, 0.29) is 18.0 Å². The molecular formula is C12H19FN2O4S. The second-order valence-electron chi connectivity index (χ2n) is 4.03. The van der Waals surface area contributed by atoms with E-state index in [1.807, 2.05) is 0 Å². The number of benzene rings is 1. The molecule has 1 aromatic rings. The van der Waals surface area contributed by atoms with Crippen molar-refractivity contribution in [2.24, 2.45) is 5.73 Å². The van der Waals surface area contributed by atoms with E-state index in [2.05, 4.69) is 4.72 Å². The summed E-state index contributed by atoms with van der Waals surface area (Å²) in [7, 11) is -1.24. The van der Waals surface area contributed by atoms with Gasteiger partial charge in [0, 0.05) is 18.7 Å². The van der Waals surface area contributed by atoms with E-state index in [4.69, 9.17) is 15.2 Å². The van der Waals surface area contributed by atoms with Crippen molar-refractivity contribution in [3.63, 3.8) is 0 Å². The van der Waals surface area contributed by atoms with Crippen LogP contribution in [0, 0.1) is 5.82 Å². The molecule has 0 aliphatic rings. The second-order valence-corrected chi connectivity index (χ2v) is 5.77. The molecule has 3 N–H and O–H groups in total. The summed E-state index contributed by atoms with van der Waals surface area (Å²) in [5, 5.41) is 0. The molecule has 0 radical (unpaired) electrons. The van der Waals surface area contributed by atoms with Crippen LogP contribution in [0.4, 0.5) is 4.39 Å². The zero-order valence-electron chi connectivity index (χ0n) is 11.5. The fourth-order valence-electron chi connectivity index (χ4n) is 1.60. The third kappa shape index (κ3) is 4.06. The quantitative estimate of drug-likeness (QED) is 0.695. The summed E-state index contributed by atoms with van der Waals surface area (Å²) in [6.45, 7) is 0.680. The highest BCUT2D eigenvalue weighted by Gasteiger charge is 2.22. The van der Waals surface area contributed by atoms with Crippen LogP contribution in [0.25, 0.3) is 0 Å². The number of nitrogens with two attached hydrogens (primary N) is 1. The number of halogens is 1. The molecule has 8 heteroatoms. The molecule has 114 valence electrons. The minimum absolute atomic E-state index is 0.132. The van der Waals surface area contributed by atoms with Crippen LogP contribution in [-0.4, -0.2) is 35.7 Å². The molecule has 20 heavy (non-hydrogen) atoms. The SMILES string of the molecule is COc1cc(F)c(S(=O)(=O)NCCCCN)cc1OC. The summed E-state index contributed by atoms with van der Waals surface area (Å²) >= 11 is 0. The van der Waals surface area contributed by atoms with Gasteiger partial charge in [0.05, 0.1) is 14.2 Å². The molecule has 0 saturated carbocycles. The van der Waals surface area contributed by atoms with E-state index in [0.29, 0.717) is 19.4 Å². The topological polar surface area (TPSA) is 90.7 Å². The molecule has 0 amide bonds. The Morgan fingerprint density at radius 3 is 2.35 bits per heavy atom. The number of ether oxygens (including phenoxy) is 2. The van der Waals surface area contributed by atoms with Gasteiger partial charge in [0.1, 0.15) is 10.7 Å². The molecule has 0 aliphatic carbocycles. The third-order valence-corrected chi connectivity index (χ3v) is 4.13. The number of nitrogens with one attached hydrogen (secondary N) is 1. The maximum Gasteiger partial charge on any atom is 0.243 e. The molecule has 0 saturated heterocycles. The van der Waals surface area contributed by atoms with Crippen molar-refractivity contribution in [2.75, 3.05) is 27.3 Å². The molecular weight excluding hydrogens is 287 g/mol. The zero-order chi connectivity index (χ0) is 15.2. The van der Waals surface area contributed by atoms with Gasteiger partial charge in [-0.1, -0.05) is 0 Å². The maximum atomic E-state index is 13.8. The van der Waals surface area contributed by atoms with E-state index < -0.39 is 20.7 Å². The molecule has 0 atom stereocenters. The third-order valence-electron chi connectivity index (χ3n) is 2.65. The molecule has 0 aliphatic heterocycles. The molecule has 0 aromatic heterocycles. The van der Waals surface area contributed by atoms with Crippen molar-refractivity contribution in [3.05, 3.63) is 17.9 Å². The second kappa shape index (κ2) is 7.41. The van der Waals surface area contributed by atoms with Crippen LogP contribution in [0.2, 0.25) is 0 Å². The van der Waals surface area contributed by atoms with Crippen LogP contribution in [0.1, 0.15) is 12.8 Å². The van der Waals surface area contributed by atoms with Crippen LogP contribution in [0.5, 0.6) is 11.5 Å². The first-order valence-corrected chi connectivity index (χ1v) is 7.55. The number of hydrogen-bond donors (Lipinski definition) is 2. The van der Waals surface area contributed by atoms with E-state index in [0.717, 1.165) is 12.1 Å². The lowest BCUT2D eigenvalue weighted by Crippen LogP contribution is -2.26.